The Morgan fingerprint density at radius 1 is 1.05 bits per heavy atom. The smallest absolute Gasteiger partial charge is 0.251 e. The second-order valence-electron chi connectivity index (χ2n) is 5.25. The summed E-state index contributed by atoms with van der Waals surface area (Å²) in [4.78, 5) is 12.2. The Kier molecular flexibility index (Phi) is 4.63. The third-order valence-electron chi connectivity index (χ3n) is 3.19. The van der Waals surface area contributed by atoms with Crippen molar-refractivity contribution in [3.8, 4) is 0 Å². The van der Waals surface area contributed by atoms with E-state index in [4.69, 9.17) is 5.14 Å². The van der Waals surface area contributed by atoms with Gasteiger partial charge in [0.15, 0.2) is 0 Å². The first-order valence-electron chi connectivity index (χ1n) is 6.74. The standard InChI is InChI=1S/C16H18N2O3S/c1-11-7-12(2)9-14(8-11)16(19)18-10-13-3-5-15(6-4-13)22(17,20)21/h3-9H,10H2,1-2H3,(H,18,19)(H2,17,20,21). The van der Waals surface area contributed by atoms with Gasteiger partial charge in [0.25, 0.3) is 5.91 Å². The van der Waals surface area contributed by atoms with Crippen LogP contribution < -0.4 is 10.5 Å². The molecule has 0 aromatic heterocycles. The summed E-state index contributed by atoms with van der Waals surface area (Å²) >= 11 is 0. The quantitative estimate of drug-likeness (QED) is 0.902. The Bertz CT molecular complexity index is 776. The van der Waals surface area contributed by atoms with Gasteiger partial charge in [0, 0.05) is 12.1 Å². The van der Waals surface area contributed by atoms with Crippen LogP contribution in [0.15, 0.2) is 47.4 Å². The summed E-state index contributed by atoms with van der Waals surface area (Å²) in [5.41, 5.74) is 3.47. The van der Waals surface area contributed by atoms with Crippen LogP contribution in [0.4, 0.5) is 0 Å². The molecule has 0 heterocycles. The highest BCUT2D eigenvalue weighted by Gasteiger charge is 2.09. The predicted octanol–water partition coefficient (Wildman–Crippen LogP) is 1.88. The average molecular weight is 318 g/mol. The molecule has 0 saturated heterocycles. The van der Waals surface area contributed by atoms with Crippen molar-refractivity contribution >= 4 is 15.9 Å². The van der Waals surface area contributed by atoms with E-state index in [1.165, 1.54) is 12.1 Å². The molecule has 0 aliphatic rings. The summed E-state index contributed by atoms with van der Waals surface area (Å²) in [7, 11) is -3.69. The van der Waals surface area contributed by atoms with Crippen LogP contribution in [0.2, 0.25) is 0 Å². The molecule has 0 saturated carbocycles. The zero-order valence-electron chi connectivity index (χ0n) is 12.5. The molecule has 0 aliphatic heterocycles. The number of hydrogen-bond acceptors (Lipinski definition) is 3. The average Bonchev–Trinajstić information content (AvgIpc) is 2.43. The van der Waals surface area contributed by atoms with Crippen molar-refractivity contribution < 1.29 is 13.2 Å². The largest absolute Gasteiger partial charge is 0.348 e. The summed E-state index contributed by atoms with van der Waals surface area (Å²) in [6.45, 7) is 4.20. The van der Waals surface area contributed by atoms with Gasteiger partial charge in [-0.25, -0.2) is 13.6 Å². The molecule has 3 N–H and O–H groups in total. The summed E-state index contributed by atoms with van der Waals surface area (Å²) in [5, 5.41) is 7.84. The minimum absolute atomic E-state index is 0.0527. The Morgan fingerprint density at radius 3 is 2.09 bits per heavy atom. The first-order valence-corrected chi connectivity index (χ1v) is 8.28. The summed E-state index contributed by atoms with van der Waals surface area (Å²) < 4.78 is 22.3. The number of amides is 1. The summed E-state index contributed by atoms with van der Waals surface area (Å²) in [6.07, 6.45) is 0. The minimum atomic E-state index is -3.69. The Balaban J connectivity index is 2.05. The van der Waals surface area contributed by atoms with Crippen molar-refractivity contribution in [2.45, 2.75) is 25.3 Å². The number of primary sulfonamides is 1. The molecule has 2 rings (SSSR count). The van der Waals surface area contributed by atoms with Crippen LogP contribution in [0, 0.1) is 13.8 Å². The van der Waals surface area contributed by atoms with Crippen LogP contribution in [0.5, 0.6) is 0 Å². The van der Waals surface area contributed by atoms with Gasteiger partial charge in [-0.1, -0.05) is 29.3 Å². The molecule has 5 nitrogen and oxygen atoms in total. The minimum Gasteiger partial charge on any atom is -0.348 e. The molecule has 6 heteroatoms. The van der Waals surface area contributed by atoms with E-state index in [1.807, 2.05) is 32.0 Å². The number of nitrogens with one attached hydrogen (secondary N) is 1. The second-order valence-corrected chi connectivity index (χ2v) is 6.81. The molecular weight excluding hydrogens is 300 g/mol. The van der Waals surface area contributed by atoms with E-state index >= 15 is 0 Å². The Labute approximate surface area is 130 Å². The number of rotatable bonds is 4. The molecule has 0 aliphatic carbocycles. The molecule has 0 bridgehead atoms. The SMILES string of the molecule is Cc1cc(C)cc(C(=O)NCc2ccc(S(N)(=O)=O)cc2)c1. The molecule has 0 radical (unpaired) electrons. The Morgan fingerprint density at radius 2 is 1.59 bits per heavy atom. The van der Waals surface area contributed by atoms with Crippen LogP contribution in [0.3, 0.4) is 0 Å². The van der Waals surface area contributed by atoms with Gasteiger partial charge in [0.05, 0.1) is 4.90 Å². The van der Waals surface area contributed by atoms with Gasteiger partial charge in [-0.2, -0.15) is 0 Å². The molecule has 1 amide bonds. The van der Waals surface area contributed by atoms with Gasteiger partial charge in [0.1, 0.15) is 0 Å². The van der Waals surface area contributed by atoms with E-state index in [2.05, 4.69) is 5.32 Å². The molecule has 0 atom stereocenters. The van der Waals surface area contributed by atoms with Gasteiger partial charge < -0.3 is 5.32 Å². The number of nitrogens with two attached hydrogens (primary N) is 1. The maximum Gasteiger partial charge on any atom is 0.251 e. The maximum atomic E-state index is 12.1. The van der Waals surface area contributed by atoms with Crippen LogP contribution in [0.25, 0.3) is 0 Å². The monoisotopic (exact) mass is 318 g/mol. The number of carbonyl (C=O) groups is 1. The molecule has 0 fully saturated rings. The van der Waals surface area contributed by atoms with Gasteiger partial charge in [-0.3, -0.25) is 4.79 Å². The van der Waals surface area contributed by atoms with E-state index in [0.717, 1.165) is 16.7 Å². The first-order chi connectivity index (χ1) is 10.3. The lowest BCUT2D eigenvalue weighted by atomic mass is 10.1. The molecule has 22 heavy (non-hydrogen) atoms. The lowest BCUT2D eigenvalue weighted by Gasteiger charge is -2.08. The lowest BCUT2D eigenvalue weighted by molar-refractivity contribution is 0.0950. The van der Waals surface area contributed by atoms with E-state index < -0.39 is 10.0 Å². The molecule has 2 aromatic carbocycles. The highest BCUT2D eigenvalue weighted by Crippen LogP contribution is 2.11. The van der Waals surface area contributed by atoms with Crippen molar-refractivity contribution in [1.29, 1.82) is 0 Å². The van der Waals surface area contributed by atoms with Crippen LogP contribution in [-0.2, 0) is 16.6 Å². The van der Waals surface area contributed by atoms with Crippen LogP contribution >= 0.6 is 0 Å². The molecule has 0 unspecified atom stereocenters. The Hall–Kier alpha value is -2.18. The molecule has 0 spiro atoms. The highest BCUT2D eigenvalue weighted by atomic mass is 32.2. The fraction of sp³-hybridized carbons (Fsp3) is 0.188. The van der Waals surface area contributed by atoms with Gasteiger partial charge in [-0.05, 0) is 43.7 Å². The number of aryl methyl sites for hydroxylation is 2. The van der Waals surface area contributed by atoms with Gasteiger partial charge in [-0.15, -0.1) is 0 Å². The van der Waals surface area contributed by atoms with E-state index in [1.54, 1.807) is 12.1 Å². The van der Waals surface area contributed by atoms with Crippen molar-refractivity contribution in [2.24, 2.45) is 5.14 Å². The van der Waals surface area contributed by atoms with Crippen LogP contribution in [0.1, 0.15) is 27.0 Å². The van der Waals surface area contributed by atoms with Crippen molar-refractivity contribution in [3.63, 3.8) is 0 Å². The summed E-state index contributed by atoms with van der Waals surface area (Å²) in [5.74, 6) is -0.165. The van der Waals surface area contributed by atoms with E-state index in [0.29, 0.717) is 12.1 Å². The van der Waals surface area contributed by atoms with E-state index in [-0.39, 0.29) is 10.8 Å². The number of sulfonamides is 1. The summed E-state index contributed by atoms with van der Waals surface area (Å²) in [6, 6.07) is 11.8. The number of benzene rings is 2. The van der Waals surface area contributed by atoms with Crippen LogP contribution in [-0.4, -0.2) is 14.3 Å². The van der Waals surface area contributed by atoms with Gasteiger partial charge >= 0.3 is 0 Å². The normalized spacial score (nSPS) is 11.2. The second kappa shape index (κ2) is 6.29. The van der Waals surface area contributed by atoms with Gasteiger partial charge in [0.2, 0.25) is 10.0 Å². The molecular formula is C16H18N2O3S. The topological polar surface area (TPSA) is 89.3 Å². The van der Waals surface area contributed by atoms with Crippen molar-refractivity contribution in [1.82, 2.24) is 5.32 Å². The zero-order chi connectivity index (χ0) is 16.3. The third-order valence-corrected chi connectivity index (χ3v) is 4.12. The van der Waals surface area contributed by atoms with Crippen molar-refractivity contribution in [3.05, 3.63) is 64.7 Å². The maximum absolute atomic E-state index is 12.1. The predicted molar refractivity (Wildman–Crippen MR) is 84.9 cm³/mol. The lowest BCUT2D eigenvalue weighted by Crippen LogP contribution is -2.23. The molecule has 116 valence electrons. The highest BCUT2D eigenvalue weighted by molar-refractivity contribution is 7.89. The fourth-order valence-corrected chi connectivity index (χ4v) is 2.70. The third kappa shape index (κ3) is 4.16. The van der Waals surface area contributed by atoms with E-state index in [9.17, 15) is 13.2 Å². The fourth-order valence-electron chi connectivity index (χ4n) is 2.19. The zero-order valence-corrected chi connectivity index (χ0v) is 13.3. The van der Waals surface area contributed by atoms with Crippen molar-refractivity contribution in [2.75, 3.05) is 0 Å². The molecule has 2 aromatic rings. The number of carbonyl (C=O) groups excluding carboxylic acids is 1. The first kappa shape index (κ1) is 16.2. The number of hydrogen-bond donors (Lipinski definition) is 2.